The number of para-hydroxylation sites is 1. The van der Waals surface area contributed by atoms with Gasteiger partial charge in [-0.2, -0.15) is 0 Å². The number of ether oxygens (including phenoxy) is 1. The first-order valence-electron chi connectivity index (χ1n) is 6.76. The van der Waals surface area contributed by atoms with Crippen molar-refractivity contribution >= 4 is 27.7 Å². The van der Waals surface area contributed by atoms with E-state index in [9.17, 15) is 9.59 Å². The van der Waals surface area contributed by atoms with Crippen molar-refractivity contribution in [3.63, 3.8) is 0 Å². The van der Waals surface area contributed by atoms with Gasteiger partial charge >= 0.3 is 0 Å². The number of hydrogen-bond donors (Lipinski definition) is 3. The Labute approximate surface area is 136 Å². The average Bonchev–Trinajstić information content (AvgIpc) is 3.05. The third kappa shape index (κ3) is 4.92. The lowest BCUT2D eigenvalue weighted by molar-refractivity contribution is -0.122. The number of rotatable bonds is 6. The summed E-state index contributed by atoms with van der Waals surface area (Å²) in [5, 5.41) is 0. The first-order chi connectivity index (χ1) is 10.7. The standard InChI is InChI=1S/C15H16BrN3O3/c16-11-5-1-2-7-13(11)22-10-4-8-14(20)18-19-15(21)12-6-3-9-17-12/h1-3,5-7,9,17H,4,8,10H2,(H,18,20)(H,19,21). The fourth-order valence-corrected chi connectivity index (χ4v) is 2.10. The third-order valence-corrected chi connectivity index (χ3v) is 3.46. The number of carbonyl (C=O) groups excluding carboxylic acids is 2. The lowest BCUT2D eigenvalue weighted by atomic mass is 10.3. The zero-order valence-corrected chi connectivity index (χ0v) is 13.4. The summed E-state index contributed by atoms with van der Waals surface area (Å²) >= 11 is 3.38. The molecule has 0 saturated carbocycles. The molecule has 22 heavy (non-hydrogen) atoms. The maximum Gasteiger partial charge on any atom is 0.286 e. The molecule has 0 aliphatic heterocycles. The highest BCUT2D eigenvalue weighted by Gasteiger charge is 2.07. The van der Waals surface area contributed by atoms with E-state index in [2.05, 4.69) is 31.8 Å². The Kier molecular flexibility index (Phi) is 6.02. The number of H-pyrrole nitrogens is 1. The van der Waals surface area contributed by atoms with Crippen LogP contribution in [-0.4, -0.2) is 23.4 Å². The normalized spacial score (nSPS) is 10.0. The van der Waals surface area contributed by atoms with Gasteiger partial charge in [0.1, 0.15) is 11.4 Å². The van der Waals surface area contributed by atoms with Gasteiger partial charge in [0, 0.05) is 12.6 Å². The molecule has 0 spiro atoms. The van der Waals surface area contributed by atoms with Gasteiger partial charge in [-0.25, -0.2) is 0 Å². The van der Waals surface area contributed by atoms with Crippen LogP contribution in [0.5, 0.6) is 5.75 Å². The van der Waals surface area contributed by atoms with Crippen molar-refractivity contribution in [1.82, 2.24) is 15.8 Å². The predicted octanol–water partition coefficient (Wildman–Crippen LogP) is 2.40. The van der Waals surface area contributed by atoms with E-state index in [0.717, 1.165) is 10.2 Å². The van der Waals surface area contributed by atoms with Gasteiger partial charge in [-0.1, -0.05) is 12.1 Å². The summed E-state index contributed by atoms with van der Waals surface area (Å²) in [5.41, 5.74) is 5.08. The van der Waals surface area contributed by atoms with Gasteiger partial charge in [0.2, 0.25) is 5.91 Å². The number of benzene rings is 1. The van der Waals surface area contributed by atoms with Crippen LogP contribution in [0.3, 0.4) is 0 Å². The minimum atomic E-state index is -0.386. The van der Waals surface area contributed by atoms with Crippen molar-refractivity contribution in [2.45, 2.75) is 12.8 Å². The second-order valence-electron chi connectivity index (χ2n) is 4.47. The van der Waals surface area contributed by atoms with Crippen molar-refractivity contribution in [1.29, 1.82) is 0 Å². The minimum absolute atomic E-state index is 0.259. The van der Waals surface area contributed by atoms with Gasteiger partial charge in [0.25, 0.3) is 5.91 Å². The molecule has 0 saturated heterocycles. The highest BCUT2D eigenvalue weighted by atomic mass is 79.9. The summed E-state index contributed by atoms with van der Waals surface area (Å²) in [6.45, 7) is 0.417. The monoisotopic (exact) mass is 365 g/mol. The largest absolute Gasteiger partial charge is 0.492 e. The minimum Gasteiger partial charge on any atom is -0.492 e. The molecule has 0 atom stereocenters. The molecule has 0 aliphatic rings. The van der Waals surface area contributed by atoms with Crippen LogP contribution in [0.1, 0.15) is 23.3 Å². The van der Waals surface area contributed by atoms with Crippen molar-refractivity contribution in [3.8, 4) is 5.75 Å². The second-order valence-corrected chi connectivity index (χ2v) is 5.32. The first-order valence-corrected chi connectivity index (χ1v) is 7.56. The van der Waals surface area contributed by atoms with E-state index >= 15 is 0 Å². The molecule has 0 fully saturated rings. The predicted molar refractivity (Wildman–Crippen MR) is 85.3 cm³/mol. The summed E-state index contributed by atoms with van der Waals surface area (Å²) in [5.74, 6) is 0.0846. The van der Waals surface area contributed by atoms with Crippen LogP contribution in [0.15, 0.2) is 47.1 Å². The molecule has 1 aromatic carbocycles. The number of carbonyl (C=O) groups is 2. The number of aromatic nitrogens is 1. The SMILES string of the molecule is O=C(CCCOc1ccccc1Br)NNC(=O)c1ccc[nH]1. The molecule has 1 heterocycles. The van der Waals surface area contributed by atoms with Crippen LogP contribution in [0.25, 0.3) is 0 Å². The molecule has 116 valence electrons. The molecular formula is C15H16BrN3O3. The summed E-state index contributed by atoms with van der Waals surface area (Å²) in [6.07, 6.45) is 2.44. The van der Waals surface area contributed by atoms with Crippen LogP contribution < -0.4 is 15.6 Å². The number of hydrogen-bond acceptors (Lipinski definition) is 3. The molecule has 0 bridgehead atoms. The number of halogens is 1. The molecular weight excluding hydrogens is 350 g/mol. The summed E-state index contributed by atoms with van der Waals surface area (Å²) in [4.78, 5) is 25.9. The molecule has 0 unspecified atom stereocenters. The van der Waals surface area contributed by atoms with Crippen molar-refractivity contribution in [2.24, 2.45) is 0 Å². The average molecular weight is 366 g/mol. The Bertz CT molecular complexity index is 629. The number of amides is 2. The highest BCUT2D eigenvalue weighted by molar-refractivity contribution is 9.10. The Morgan fingerprint density at radius 2 is 1.95 bits per heavy atom. The van der Waals surface area contributed by atoms with E-state index in [-0.39, 0.29) is 18.2 Å². The molecule has 7 heteroatoms. The van der Waals surface area contributed by atoms with E-state index in [1.165, 1.54) is 0 Å². The van der Waals surface area contributed by atoms with E-state index in [1.54, 1.807) is 18.3 Å². The molecule has 0 aliphatic carbocycles. The lowest BCUT2D eigenvalue weighted by Gasteiger charge is -2.08. The van der Waals surface area contributed by atoms with Gasteiger partial charge in [0.15, 0.2) is 0 Å². The van der Waals surface area contributed by atoms with E-state index in [1.807, 2.05) is 24.3 Å². The van der Waals surface area contributed by atoms with Gasteiger partial charge in [-0.05, 0) is 46.6 Å². The molecule has 2 aromatic rings. The quantitative estimate of drug-likeness (QED) is 0.542. The fraction of sp³-hybridized carbons (Fsp3) is 0.200. The molecule has 6 nitrogen and oxygen atoms in total. The zero-order chi connectivity index (χ0) is 15.8. The Balaban J connectivity index is 1.62. The van der Waals surface area contributed by atoms with Crippen molar-refractivity contribution in [3.05, 3.63) is 52.8 Å². The molecule has 2 rings (SSSR count). The van der Waals surface area contributed by atoms with Crippen LogP contribution in [0.2, 0.25) is 0 Å². The summed E-state index contributed by atoms with van der Waals surface area (Å²) in [6, 6.07) is 10.8. The topological polar surface area (TPSA) is 83.2 Å². The smallest absolute Gasteiger partial charge is 0.286 e. The zero-order valence-electron chi connectivity index (χ0n) is 11.8. The van der Waals surface area contributed by atoms with E-state index < -0.39 is 0 Å². The molecule has 0 radical (unpaired) electrons. The van der Waals surface area contributed by atoms with Crippen molar-refractivity contribution < 1.29 is 14.3 Å². The van der Waals surface area contributed by atoms with E-state index in [0.29, 0.717) is 18.7 Å². The first kappa shape index (κ1) is 16.1. The van der Waals surface area contributed by atoms with Crippen LogP contribution in [-0.2, 0) is 4.79 Å². The Morgan fingerprint density at radius 3 is 2.68 bits per heavy atom. The Hall–Kier alpha value is -2.28. The molecule has 3 N–H and O–H groups in total. The van der Waals surface area contributed by atoms with Crippen LogP contribution in [0, 0.1) is 0 Å². The maximum atomic E-state index is 11.6. The fourth-order valence-electron chi connectivity index (χ4n) is 1.70. The lowest BCUT2D eigenvalue weighted by Crippen LogP contribution is -2.41. The van der Waals surface area contributed by atoms with Gasteiger partial charge < -0.3 is 9.72 Å². The molecule has 2 amide bonds. The summed E-state index contributed by atoms with van der Waals surface area (Å²) < 4.78 is 6.43. The Morgan fingerprint density at radius 1 is 1.14 bits per heavy atom. The second kappa shape index (κ2) is 8.23. The third-order valence-electron chi connectivity index (χ3n) is 2.80. The van der Waals surface area contributed by atoms with Crippen LogP contribution in [0.4, 0.5) is 0 Å². The molecule has 1 aromatic heterocycles. The van der Waals surface area contributed by atoms with Gasteiger partial charge in [-0.15, -0.1) is 0 Å². The van der Waals surface area contributed by atoms with Crippen molar-refractivity contribution in [2.75, 3.05) is 6.61 Å². The number of nitrogens with one attached hydrogen (secondary N) is 3. The summed E-state index contributed by atoms with van der Waals surface area (Å²) in [7, 11) is 0. The number of hydrazine groups is 1. The van der Waals surface area contributed by atoms with Crippen LogP contribution >= 0.6 is 15.9 Å². The number of aromatic amines is 1. The highest BCUT2D eigenvalue weighted by Crippen LogP contribution is 2.23. The maximum absolute atomic E-state index is 11.6. The van der Waals surface area contributed by atoms with E-state index in [4.69, 9.17) is 4.74 Å². The van der Waals surface area contributed by atoms with Gasteiger partial charge in [-0.3, -0.25) is 20.4 Å². The van der Waals surface area contributed by atoms with Gasteiger partial charge in [0.05, 0.1) is 11.1 Å².